The number of benzene rings is 3. The Morgan fingerprint density at radius 2 is 0.657 bits per heavy atom. The second-order valence-corrected chi connectivity index (χ2v) is 34.8. The quantitative estimate of drug-likeness (QED) is 0.00964. The third-order valence-electron chi connectivity index (χ3n) is 22.3. The smallest absolute Gasteiger partial charge is 0.326 e. The Morgan fingerprint density at radius 1 is 0.343 bits per heavy atom. The first kappa shape index (κ1) is 113. The molecule has 6 aromatic rings. The molecule has 50 heteroatoms. The van der Waals surface area contributed by atoms with Crippen molar-refractivity contribution in [3.63, 3.8) is 0 Å². The summed E-state index contributed by atoms with van der Waals surface area (Å²) in [5, 5.41) is 110. The van der Waals surface area contributed by atoms with E-state index in [4.69, 9.17) is 56.0 Å². The van der Waals surface area contributed by atoms with Crippen molar-refractivity contribution in [2.45, 2.75) is 235 Å². The van der Waals surface area contributed by atoms with E-state index in [1.807, 2.05) is 24.3 Å². The summed E-state index contributed by atoms with van der Waals surface area (Å²) in [6.07, 6.45) is 1.27. The molecule has 0 spiro atoms. The molecular formula is C90H137N31O19. The van der Waals surface area contributed by atoms with E-state index in [1.165, 1.54) is 13.8 Å². The van der Waals surface area contributed by atoms with Gasteiger partial charge in [-0.2, -0.15) is 0 Å². The Morgan fingerprint density at radius 3 is 1.05 bits per heavy atom. The van der Waals surface area contributed by atoms with E-state index >= 15 is 14.4 Å². The minimum absolute atomic E-state index is 0.00285. The van der Waals surface area contributed by atoms with Crippen LogP contribution in [0.1, 0.15) is 148 Å². The third kappa shape index (κ3) is 39.1. The second-order valence-electron chi connectivity index (χ2n) is 34.8. The molecule has 0 bridgehead atoms. The Kier molecular flexibility index (Phi) is 46.8. The number of nitrogens with two attached hydrogens (primary N) is 6. The number of aliphatic hydroxyl groups excluding tert-OH is 1. The summed E-state index contributed by atoms with van der Waals surface area (Å²) in [5.74, 6) is -19.0. The van der Waals surface area contributed by atoms with Crippen LogP contribution in [0.5, 0.6) is 0 Å². The Labute approximate surface area is 807 Å². The van der Waals surface area contributed by atoms with E-state index in [2.05, 4.69) is 111 Å². The molecule has 3 aromatic heterocycles. The molecule has 14 amide bonds. The highest BCUT2D eigenvalue weighted by atomic mass is 16.4. The van der Waals surface area contributed by atoms with Gasteiger partial charge in [0.25, 0.3) is 0 Å². The van der Waals surface area contributed by atoms with Gasteiger partial charge in [-0.1, -0.05) is 82.3 Å². The maximum Gasteiger partial charge on any atom is 0.326 e. The molecule has 14 atom stereocenters. The number of hydrogen-bond donors (Lipinski definition) is 34. The van der Waals surface area contributed by atoms with Crippen LogP contribution >= 0.6 is 0 Å². The number of H-pyrrole nitrogens is 3. The average molecular weight is 1960 g/mol. The fraction of sp³-hybridized carbons (Fsp3) is 0.511. The number of carboxylic acids is 2. The summed E-state index contributed by atoms with van der Waals surface area (Å²) < 4.78 is 0. The van der Waals surface area contributed by atoms with Crippen LogP contribution < -0.4 is 130 Å². The number of aromatic amines is 3. The van der Waals surface area contributed by atoms with Crippen molar-refractivity contribution in [2.24, 2.45) is 46.2 Å². The number of rotatable bonds is 62. The van der Waals surface area contributed by atoms with Gasteiger partial charge in [-0.25, -0.2) is 4.79 Å². The van der Waals surface area contributed by atoms with Crippen molar-refractivity contribution >= 4 is 151 Å². The second kappa shape index (κ2) is 57.7. The number of carbonyl (C=O) groups is 16. The molecule has 40 N–H and O–H groups in total. The van der Waals surface area contributed by atoms with Crippen LogP contribution in [0.4, 0.5) is 0 Å². The number of aromatic nitrogens is 3. The molecule has 50 nitrogen and oxygen atoms in total. The van der Waals surface area contributed by atoms with Gasteiger partial charge in [-0.3, -0.25) is 93.6 Å². The van der Waals surface area contributed by atoms with Crippen LogP contribution in [0.25, 0.3) is 32.7 Å². The summed E-state index contributed by atoms with van der Waals surface area (Å²) in [5.41, 5.74) is 38.3. The fourth-order valence-corrected chi connectivity index (χ4v) is 15.1. The average Bonchev–Trinajstić information content (AvgIpc) is 1.66. The molecule has 0 aliphatic rings. The third-order valence-corrected chi connectivity index (χ3v) is 22.3. The molecule has 3 heterocycles. The highest BCUT2D eigenvalue weighted by Gasteiger charge is 2.39. The molecule has 0 aliphatic carbocycles. The zero-order valence-electron chi connectivity index (χ0n) is 79.2. The molecule has 0 fully saturated rings. The lowest BCUT2D eigenvalue weighted by atomic mass is 10.0. The topological polar surface area (TPSA) is 849 Å². The maximum atomic E-state index is 15.3. The van der Waals surface area contributed by atoms with Gasteiger partial charge in [0.05, 0.1) is 31.7 Å². The lowest BCUT2D eigenvalue weighted by Crippen LogP contribution is -2.62. The largest absolute Gasteiger partial charge is 0.481 e. The normalized spacial score (nSPS) is 14.2. The van der Waals surface area contributed by atoms with Crippen LogP contribution in [0, 0.1) is 33.5 Å². The number of nitrogens with one attached hydrogen (secondary N) is 25. The SMILES string of the molecule is CC(C)C[C@H](NC(=O)CNC(=O)[C@H](CC(C)C)NC(=O)[C@H](CCCCN)NC(=O)[C@H](CC(=O)O)NC(=O)CNC(=O)[C@H](CCCNC(=N)N)NC(=O)[C@H](Cc1c[nH]c2ccccc12)NC(=O)[C@H](CCCNC(=N)N)NC(=O)[C@H](CCCNC(=N)N)NC(=O)[C@@H](NC(=O)[C@H](Cc1c[nH]c2ccccc12)NC(=O)[C@@H](N)Cc1c[nH]c2ccccc12)[C@@H](C)O)C(=O)N[C@@H](C)C(=O)N[C@@H](CCCNC(=N)N)C(=O)O. The van der Waals surface area contributed by atoms with E-state index in [0.717, 1.165) is 16.5 Å². The first-order valence-electron chi connectivity index (χ1n) is 46.1. The number of carboxylic acid groups (broad SMARTS) is 2. The predicted molar refractivity (Wildman–Crippen MR) is 519 cm³/mol. The van der Waals surface area contributed by atoms with Crippen molar-refractivity contribution in [1.29, 1.82) is 21.6 Å². The summed E-state index contributed by atoms with van der Waals surface area (Å²) in [6, 6.07) is 1.51. The van der Waals surface area contributed by atoms with E-state index < -0.39 is 217 Å². The van der Waals surface area contributed by atoms with Crippen molar-refractivity contribution < 1.29 is 92.0 Å². The van der Waals surface area contributed by atoms with E-state index in [-0.39, 0.29) is 147 Å². The van der Waals surface area contributed by atoms with Gasteiger partial charge in [-0.15, -0.1) is 0 Å². The van der Waals surface area contributed by atoms with Gasteiger partial charge < -0.3 is 160 Å². The maximum absolute atomic E-state index is 15.3. The molecule has 140 heavy (non-hydrogen) atoms. The van der Waals surface area contributed by atoms with Gasteiger partial charge in [0, 0.05) is 90.3 Å². The summed E-state index contributed by atoms with van der Waals surface area (Å²) in [6.45, 7) is 7.76. The molecule has 0 unspecified atom stereocenters. The van der Waals surface area contributed by atoms with Gasteiger partial charge in [-0.05, 0) is 157 Å². The Hall–Kier alpha value is -15.2. The molecule has 0 aliphatic heterocycles. The van der Waals surface area contributed by atoms with Gasteiger partial charge in [0.1, 0.15) is 72.5 Å². The number of fused-ring (bicyclic) bond motifs is 3. The molecule has 0 saturated carbocycles. The van der Waals surface area contributed by atoms with Crippen LogP contribution in [-0.4, -0.2) is 279 Å². The summed E-state index contributed by atoms with van der Waals surface area (Å²) in [4.78, 5) is 235. The number of aliphatic hydroxyl groups is 1. The zero-order chi connectivity index (χ0) is 103. The summed E-state index contributed by atoms with van der Waals surface area (Å²) in [7, 11) is 0. The fourth-order valence-electron chi connectivity index (χ4n) is 15.1. The van der Waals surface area contributed by atoms with Crippen LogP contribution in [0.3, 0.4) is 0 Å². The number of para-hydroxylation sites is 3. The Balaban J connectivity index is 1.20. The van der Waals surface area contributed by atoms with Crippen LogP contribution in [0.15, 0.2) is 91.4 Å². The molecule has 0 saturated heterocycles. The van der Waals surface area contributed by atoms with Crippen molar-refractivity contribution in [3.8, 4) is 0 Å². The van der Waals surface area contributed by atoms with Crippen molar-refractivity contribution in [3.05, 3.63) is 108 Å². The number of aliphatic carboxylic acids is 2. The van der Waals surface area contributed by atoms with E-state index in [0.29, 0.717) is 39.4 Å². The monoisotopic (exact) mass is 1960 g/mol. The Bertz CT molecular complexity index is 5290. The first-order chi connectivity index (χ1) is 66.4. The minimum atomic E-state index is -1.97. The number of carbonyl (C=O) groups excluding carboxylic acids is 14. The predicted octanol–water partition coefficient (Wildman–Crippen LogP) is -5.23. The number of guanidine groups is 4. The lowest BCUT2D eigenvalue weighted by Gasteiger charge is -2.29. The van der Waals surface area contributed by atoms with Crippen LogP contribution in [0.2, 0.25) is 0 Å². The molecule has 0 radical (unpaired) electrons. The standard InChI is InChI=1S/C90H137N31O19/c1-46(2)35-65(77(130)109-45-70(123)111-66(36-47(3)4)81(134)110-48(5)74(127)117-64(86(139)140)29-18-34-104-90(99)100)119-79(132)61(25-13-14-30-91)115-83(136)69(40-72(125)126)112-71(124)44-108-76(129)60(26-15-31-101-87(93)94)113-82(135)67(38-51-42-106-58-23-11-8-20-54(51)58)120-80(133)62(27-16-32-102-88(95)96)114-78(131)63(28-17-33-103-89(97)98)116-85(138)73(49(6)122)121-84(137)68(39-52-43-107-59-24-12-9-21-55(52)59)118-75(128)56(92)37-50-41-105-57-22-10-7-19-53(50)57/h7-12,19-24,41-43,46-49,56,60-69,73,105-107,122H,13-18,25-40,44-45,91-92H2,1-6H3,(H,108,129)(H,109,130)(H,110,134)(H,111,123)(H,112,124)(H,113,135)(H,114,131)(H,115,136)(H,116,138)(H,117,127)(H,118,128)(H,119,132)(H,120,133)(H,121,137)(H,125,126)(H,139,140)(H4,93,94,101)(H4,95,96,102)(H4,97,98,103)(H4,99,100,104)/t48-,49+,56-,60-,61-,62-,63-,64-,65-,66-,67-,68-,69-,73-/m0/s1. The highest BCUT2D eigenvalue weighted by Crippen LogP contribution is 2.24. The van der Waals surface area contributed by atoms with Gasteiger partial charge in [0.2, 0.25) is 82.7 Å². The van der Waals surface area contributed by atoms with E-state index in [9.17, 15) is 77.6 Å². The van der Waals surface area contributed by atoms with Gasteiger partial charge in [0.15, 0.2) is 23.8 Å². The van der Waals surface area contributed by atoms with Crippen molar-refractivity contribution in [1.82, 2.24) is 111 Å². The van der Waals surface area contributed by atoms with Crippen LogP contribution in [-0.2, 0) is 96.0 Å². The molecular weight excluding hydrogens is 1820 g/mol. The minimum Gasteiger partial charge on any atom is -0.481 e. The number of hydrogen-bond acceptors (Lipinski definition) is 23. The first-order valence-corrected chi connectivity index (χ1v) is 46.1. The molecule has 766 valence electrons. The number of unbranched alkanes of at least 4 members (excludes halogenated alkanes) is 1. The van der Waals surface area contributed by atoms with Crippen molar-refractivity contribution in [2.75, 3.05) is 45.8 Å². The lowest BCUT2D eigenvalue weighted by molar-refractivity contribution is -0.142. The van der Waals surface area contributed by atoms with Gasteiger partial charge >= 0.3 is 11.9 Å². The van der Waals surface area contributed by atoms with E-state index in [1.54, 1.807) is 94.8 Å². The summed E-state index contributed by atoms with van der Waals surface area (Å²) >= 11 is 0. The zero-order valence-corrected chi connectivity index (χ0v) is 79.2. The molecule has 6 rings (SSSR count). The molecule has 3 aromatic carbocycles. The number of amides is 14. The highest BCUT2D eigenvalue weighted by molar-refractivity contribution is 6.02.